The number of anilines is 1. The van der Waals surface area contributed by atoms with Gasteiger partial charge in [0.2, 0.25) is 0 Å². The lowest BCUT2D eigenvalue weighted by Gasteiger charge is -2.09. The van der Waals surface area contributed by atoms with Crippen molar-refractivity contribution in [3.63, 3.8) is 0 Å². The fourth-order valence-electron chi connectivity index (χ4n) is 2.34. The Labute approximate surface area is 146 Å². The monoisotopic (exact) mass is 336 g/mol. The fourth-order valence-corrected chi connectivity index (χ4v) is 2.34. The van der Waals surface area contributed by atoms with Gasteiger partial charge >= 0.3 is 0 Å². The zero-order valence-corrected chi connectivity index (χ0v) is 14.2. The number of carbonyl (C=O) groups is 1. The normalized spacial score (nSPS) is 10.5. The van der Waals surface area contributed by atoms with Crippen LogP contribution >= 0.6 is 0 Å². The molecule has 128 valence electrons. The van der Waals surface area contributed by atoms with Crippen LogP contribution in [0.4, 0.5) is 5.82 Å². The number of furan rings is 1. The van der Waals surface area contributed by atoms with Crippen LogP contribution in [0.5, 0.6) is 0 Å². The molecule has 0 spiro atoms. The molecule has 0 bridgehead atoms. The molecule has 2 N–H and O–H groups in total. The molecule has 0 aliphatic heterocycles. The highest BCUT2D eigenvalue weighted by Gasteiger charge is 2.11. The van der Waals surface area contributed by atoms with E-state index in [0.717, 1.165) is 5.56 Å². The summed E-state index contributed by atoms with van der Waals surface area (Å²) in [6, 6.07) is 13.5. The minimum absolute atomic E-state index is 0.264. The number of aryl methyl sites for hydroxylation is 2. The maximum absolute atomic E-state index is 12.3. The first-order valence-electron chi connectivity index (χ1n) is 8.06. The predicted octanol–water partition coefficient (Wildman–Crippen LogP) is 3.23. The average molecular weight is 336 g/mol. The predicted molar refractivity (Wildman–Crippen MR) is 95.2 cm³/mol. The number of carbonyl (C=O) groups excluding carboxylic acids is 1. The van der Waals surface area contributed by atoms with E-state index in [0.29, 0.717) is 36.2 Å². The number of aromatic nitrogens is 2. The van der Waals surface area contributed by atoms with Gasteiger partial charge in [0.15, 0.2) is 0 Å². The molecule has 0 saturated heterocycles. The molecule has 0 aliphatic carbocycles. The van der Waals surface area contributed by atoms with Gasteiger partial charge in [0.1, 0.15) is 23.1 Å². The van der Waals surface area contributed by atoms with Crippen molar-refractivity contribution < 1.29 is 9.21 Å². The first kappa shape index (κ1) is 16.7. The number of amides is 1. The third-order valence-corrected chi connectivity index (χ3v) is 3.67. The Hall–Kier alpha value is -3.15. The van der Waals surface area contributed by atoms with Gasteiger partial charge in [0.25, 0.3) is 5.91 Å². The number of nitrogens with one attached hydrogen (secondary N) is 2. The van der Waals surface area contributed by atoms with Gasteiger partial charge in [-0.15, -0.1) is 0 Å². The Balaban J connectivity index is 1.64. The molecule has 0 unspecified atom stereocenters. The summed E-state index contributed by atoms with van der Waals surface area (Å²) < 4.78 is 5.20. The van der Waals surface area contributed by atoms with E-state index in [2.05, 4.69) is 51.8 Å². The molecule has 3 rings (SSSR count). The van der Waals surface area contributed by atoms with Crippen LogP contribution in [0.15, 0.2) is 53.1 Å². The molecule has 6 heteroatoms. The van der Waals surface area contributed by atoms with Crippen LogP contribution in [-0.4, -0.2) is 15.9 Å². The maximum Gasteiger partial charge on any atom is 0.270 e. The lowest BCUT2D eigenvalue weighted by molar-refractivity contribution is 0.0942. The summed E-state index contributed by atoms with van der Waals surface area (Å²) in [5.74, 6) is 1.59. The lowest BCUT2D eigenvalue weighted by atomic mass is 10.1. The summed E-state index contributed by atoms with van der Waals surface area (Å²) >= 11 is 0. The average Bonchev–Trinajstić information content (AvgIpc) is 3.12. The van der Waals surface area contributed by atoms with E-state index in [9.17, 15) is 4.79 Å². The van der Waals surface area contributed by atoms with E-state index in [1.54, 1.807) is 31.4 Å². The molecule has 0 aliphatic rings. The van der Waals surface area contributed by atoms with Gasteiger partial charge in [-0.25, -0.2) is 9.97 Å². The van der Waals surface area contributed by atoms with Crippen LogP contribution in [0.3, 0.4) is 0 Å². The quantitative estimate of drug-likeness (QED) is 0.722. The van der Waals surface area contributed by atoms with E-state index in [1.807, 2.05) is 0 Å². The van der Waals surface area contributed by atoms with Gasteiger partial charge in [-0.1, -0.05) is 29.8 Å². The Morgan fingerprint density at radius 2 is 1.88 bits per heavy atom. The van der Waals surface area contributed by atoms with Crippen molar-refractivity contribution in [2.45, 2.75) is 26.9 Å². The third kappa shape index (κ3) is 4.67. The number of benzene rings is 1. The molecule has 3 aromatic rings. The third-order valence-electron chi connectivity index (χ3n) is 3.67. The topological polar surface area (TPSA) is 80.0 Å². The van der Waals surface area contributed by atoms with Crippen molar-refractivity contribution in [2.24, 2.45) is 0 Å². The SMILES string of the molecule is Cc1ccc(CNc2cc(C(=O)NCc3ccco3)nc(C)n2)cc1. The molecule has 25 heavy (non-hydrogen) atoms. The van der Waals surface area contributed by atoms with E-state index >= 15 is 0 Å². The van der Waals surface area contributed by atoms with Crippen molar-refractivity contribution in [2.75, 3.05) is 5.32 Å². The summed E-state index contributed by atoms with van der Waals surface area (Å²) in [7, 11) is 0. The Bertz CT molecular complexity index is 842. The van der Waals surface area contributed by atoms with Gasteiger partial charge < -0.3 is 15.1 Å². The highest BCUT2D eigenvalue weighted by molar-refractivity contribution is 5.92. The van der Waals surface area contributed by atoms with Crippen LogP contribution in [0.2, 0.25) is 0 Å². The Morgan fingerprint density at radius 3 is 2.60 bits per heavy atom. The molecule has 0 radical (unpaired) electrons. The summed E-state index contributed by atoms with van der Waals surface area (Å²) in [5, 5.41) is 6.02. The van der Waals surface area contributed by atoms with Crippen LogP contribution in [0, 0.1) is 13.8 Å². The maximum atomic E-state index is 12.3. The van der Waals surface area contributed by atoms with Crippen molar-refractivity contribution in [1.29, 1.82) is 0 Å². The zero-order valence-electron chi connectivity index (χ0n) is 14.2. The van der Waals surface area contributed by atoms with E-state index < -0.39 is 0 Å². The summed E-state index contributed by atoms with van der Waals surface area (Å²) in [5.41, 5.74) is 2.69. The summed E-state index contributed by atoms with van der Waals surface area (Å²) in [4.78, 5) is 20.8. The molecule has 0 atom stereocenters. The Kier molecular flexibility index (Phi) is 5.09. The minimum Gasteiger partial charge on any atom is -0.467 e. The molecular weight excluding hydrogens is 316 g/mol. The second kappa shape index (κ2) is 7.61. The van der Waals surface area contributed by atoms with E-state index in [1.165, 1.54) is 5.56 Å². The molecule has 2 aromatic heterocycles. The number of rotatable bonds is 6. The zero-order chi connectivity index (χ0) is 17.6. The summed E-state index contributed by atoms with van der Waals surface area (Å²) in [6.07, 6.45) is 1.57. The molecular formula is C19H20N4O2. The largest absolute Gasteiger partial charge is 0.467 e. The van der Waals surface area contributed by atoms with Crippen LogP contribution in [0.1, 0.15) is 33.2 Å². The van der Waals surface area contributed by atoms with Crippen molar-refractivity contribution in [3.05, 3.63) is 77.1 Å². The second-order valence-electron chi connectivity index (χ2n) is 5.79. The van der Waals surface area contributed by atoms with E-state index in [4.69, 9.17) is 4.42 Å². The van der Waals surface area contributed by atoms with E-state index in [-0.39, 0.29) is 5.91 Å². The molecule has 6 nitrogen and oxygen atoms in total. The molecule has 0 fully saturated rings. The van der Waals surface area contributed by atoms with Crippen LogP contribution in [0.25, 0.3) is 0 Å². The summed E-state index contributed by atoms with van der Waals surface area (Å²) in [6.45, 7) is 4.77. The smallest absolute Gasteiger partial charge is 0.270 e. The highest BCUT2D eigenvalue weighted by atomic mass is 16.3. The number of hydrogen-bond donors (Lipinski definition) is 2. The standard InChI is InChI=1S/C19H20N4O2/c1-13-5-7-15(8-6-13)11-20-18-10-17(22-14(2)23-18)19(24)21-12-16-4-3-9-25-16/h3-10H,11-12H2,1-2H3,(H,21,24)(H,20,22,23). The number of nitrogens with zero attached hydrogens (tertiary/aromatic N) is 2. The minimum atomic E-state index is -0.264. The van der Waals surface area contributed by atoms with Crippen LogP contribution < -0.4 is 10.6 Å². The van der Waals surface area contributed by atoms with Crippen LogP contribution in [-0.2, 0) is 13.1 Å². The van der Waals surface area contributed by atoms with Gasteiger partial charge in [-0.2, -0.15) is 0 Å². The van der Waals surface area contributed by atoms with Crippen molar-refractivity contribution >= 4 is 11.7 Å². The molecule has 0 saturated carbocycles. The molecule has 1 aromatic carbocycles. The number of hydrogen-bond acceptors (Lipinski definition) is 5. The van der Waals surface area contributed by atoms with Crippen molar-refractivity contribution in [1.82, 2.24) is 15.3 Å². The van der Waals surface area contributed by atoms with Gasteiger partial charge in [0.05, 0.1) is 12.8 Å². The highest BCUT2D eigenvalue weighted by Crippen LogP contribution is 2.10. The first-order valence-corrected chi connectivity index (χ1v) is 8.06. The van der Waals surface area contributed by atoms with Gasteiger partial charge in [-0.05, 0) is 31.5 Å². The fraction of sp³-hybridized carbons (Fsp3) is 0.211. The second-order valence-corrected chi connectivity index (χ2v) is 5.79. The lowest BCUT2D eigenvalue weighted by Crippen LogP contribution is -2.24. The first-order chi connectivity index (χ1) is 12.1. The molecule has 1 amide bonds. The Morgan fingerprint density at radius 1 is 1.08 bits per heavy atom. The molecule has 2 heterocycles. The van der Waals surface area contributed by atoms with Gasteiger partial charge in [0, 0.05) is 12.6 Å². The van der Waals surface area contributed by atoms with Gasteiger partial charge in [-0.3, -0.25) is 4.79 Å². The van der Waals surface area contributed by atoms with Crippen molar-refractivity contribution in [3.8, 4) is 0 Å².